The van der Waals surface area contributed by atoms with Crippen LogP contribution in [0.1, 0.15) is 12.8 Å². The van der Waals surface area contributed by atoms with E-state index in [9.17, 15) is 23.1 Å². The molecule has 0 spiro atoms. The van der Waals surface area contributed by atoms with Crippen molar-refractivity contribution >= 4 is 5.91 Å². The van der Waals surface area contributed by atoms with Gasteiger partial charge in [0.15, 0.2) is 5.60 Å². The van der Waals surface area contributed by atoms with E-state index in [2.05, 4.69) is 5.32 Å². The van der Waals surface area contributed by atoms with Crippen molar-refractivity contribution in [2.24, 2.45) is 0 Å². The van der Waals surface area contributed by atoms with Gasteiger partial charge in [0.25, 0.3) is 5.91 Å². The molecule has 14 heavy (non-hydrogen) atoms. The van der Waals surface area contributed by atoms with E-state index in [0.717, 1.165) is 0 Å². The Morgan fingerprint density at radius 3 is 2.50 bits per heavy atom. The fraction of sp³-hybridized carbons (Fsp3) is 0.857. The number of rotatable bonds is 2. The van der Waals surface area contributed by atoms with Crippen LogP contribution in [0.3, 0.4) is 0 Å². The van der Waals surface area contributed by atoms with E-state index in [-0.39, 0.29) is 0 Å². The van der Waals surface area contributed by atoms with Gasteiger partial charge < -0.3 is 15.5 Å². The van der Waals surface area contributed by atoms with E-state index >= 15 is 0 Å². The second-order valence-electron chi connectivity index (χ2n) is 3.38. The minimum absolute atomic E-state index is 0.415. The van der Waals surface area contributed by atoms with E-state index in [1.54, 1.807) is 0 Å². The van der Waals surface area contributed by atoms with Crippen LogP contribution in [0.5, 0.6) is 0 Å². The van der Waals surface area contributed by atoms with E-state index in [1.807, 2.05) is 0 Å². The van der Waals surface area contributed by atoms with Crippen molar-refractivity contribution < 1.29 is 28.2 Å². The molecule has 1 fully saturated rings. The Morgan fingerprint density at radius 1 is 1.57 bits per heavy atom. The van der Waals surface area contributed by atoms with Crippen molar-refractivity contribution in [3.8, 4) is 0 Å². The minimum atomic E-state index is -4.60. The average molecular weight is 213 g/mol. The standard InChI is InChI=1S/C7H10F3NO3/c8-7(9,10)3-6(14)1-4(2-12)11-5(6)13/h4,12,14H,1-3H2,(H,11,13)/t4-,6?/m0/s1. The van der Waals surface area contributed by atoms with Gasteiger partial charge in [0, 0.05) is 6.42 Å². The Hall–Kier alpha value is -0.820. The van der Waals surface area contributed by atoms with Crippen molar-refractivity contribution in [3.05, 3.63) is 0 Å². The number of carbonyl (C=O) groups excluding carboxylic acids is 1. The maximum absolute atomic E-state index is 12.0. The van der Waals surface area contributed by atoms with Gasteiger partial charge in [0.2, 0.25) is 0 Å². The zero-order chi connectivity index (χ0) is 11.0. The lowest BCUT2D eigenvalue weighted by Gasteiger charge is -2.20. The van der Waals surface area contributed by atoms with E-state index in [0.29, 0.717) is 0 Å². The molecule has 0 aromatic heterocycles. The fourth-order valence-corrected chi connectivity index (χ4v) is 1.47. The number of amides is 1. The molecule has 1 aliphatic rings. The molecule has 0 aromatic carbocycles. The highest BCUT2D eigenvalue weighted by Gasteiger charge is 2.51. The van der Waals surface area contributed by atoms with Crippen LogP contribution in [0.15, 0.2) is 0 Å². The first-order valence-corrected chi connectivity index (χ1v) is 3.98. The van der Waals surface area contributed by atoms with Crippen LogP contribution in [0.4, 0.5) is 13.2 Å². The normalized spacial score (nSPS) is 33.2. The van der Waals surface area contributed by atoms with Gasteiger partial charge in [-0.25, -0.2) is 0 Å². The third-order valence-electron chi connectivity index (χ3n) is 2.06. The van der Waals surface area contributed by atoms with Gasteiger partial charge >= 0.3 is 6.18 Å². The van der Waals surface area contributed by atoms with Crippen molar-refractivity contribution in [1.29, 1.82) is 0 Å². The van der Waals surface area contributed by atoms with Gasteiger partial charge in [-0.3, -0.25) is 4.79 Å². The first kappa shape index (κ1) is 11.3. The third kappa shape index (κ3) is 2.36. The first-order chi connectivity index (χ1) is 6.27. The molecule has 2 atom stereocenters. The molecular formula is C7H10F3NO3. The maximum atomic E-state index is 12.0. The first-order valence-electron chi connectivity index (χ1n) is 3.98. The highest BCUT2D eigenvalue weighted by atomic mass is 19.4. The molecule has 1 saturated heterocycles. The van der Waals surface area contributed by atoms with Crippen LogP contribution in [-0.4, -0.2) is 40.5 Å². The molecule has 0 bridgehead atoms. The van der Waals surface area contributed by atoms with Crippen molar-refractivity contribution in [2.45, 2.75) is 30.7 Å². The second-order valence-corrected chi connectivity index (χ2v) is 3.38. The Bertz CT molecular complexity index is 243. The SMILES string of the molecule is O=C1N[C@H](CO)CC1(O)CC(F)(F)F. The lowest BCUT2D eigenvalue weighted by Crippen LogP contribution is -2.41. The van der Waals surface area contributed by atoms with Crippen molar-refractivity contribution in [3.63, 3.8) is 0 Å². The van der Waals surface area contributed by atoms with Crippen LogP contribution >= 0.6 is 0 Å². The summed E-state index contributed by atoms with van der Waals surface area (Å²) in [5, 5.41) is 20.0. The molecule has 82 valence electrons. The van der Waals surface area contributed by atoms with Crippen LogP contribution in [0, 0.1) is 0 Å². The number of aliphatic hydroxyl groups is 2. The highest BCUT2D eigenvalue weighted by molar-refractivity contribution is 5.87. The molecule has 1 amide bonds. The number of hydrogen-bond acceptors (Lipinski definition) is 3. The summed E-state index contributed by atoms with van der Waals surface area (Å²) in [6.45, 7) is -0.480. The molecule has 3 N–H and O–H groups in total. The van der Waals surface area contributed by atoms with Crippen LogP contribution < -0.4 is 5.32 Å². The molecule has 0 saturated carbocycles. The van der Waals surface area contributed by atoms with Gasteiger partial charge in [-0.05, 0) is 0 Å². The van der Waals surface area contributed by atoms with Crippen molar-refractivity contribution in [2.75, 3.05) is 6.61 Å². The largest absolute Gasteiger partial charge is 0.394 e. The molecule has 1 heterocycles. The number of nitrogens with one attached hydrogen (secondary N) is 1. The summed E-state index contributed by atoms with van der Waals surface area (Å²) in [6.07, 6.45) is -6.60. The summed E-state index contributed by atoms with van der Waals surface area (Å²) in [4.78, 5) is 11.0. The summed E-state index contributed by atoms with van der Waals surface area (Å²) < 4.78 is 35.9. The molecule has 0 aromatic rings. The zero-order valence-electron chi connectivity index (χ0n) is 7.14. The fourth-order valence-electron chi connectivity index (χ4n) is 1.47. The smallest absolute Gasteiger partial charge is 0.392 e. The predicted molar refractivity (Wildman–Crippen MR) is 39.3 cm³/mol. The van der Waals surface area contributed by atoms with Crippen molar-refractivity contribution in [1.82, 2.24) is 5.32 Å². The molecule has 7 heteroatoms. The quantitative estimate of drug-likeness (QED) is 0.582. The van der Waals surface area contributed by atoms with Gasteiger partial charge in [-0.2, -0.15) is 13.2 Å². The van der Waals surface area contributed by atoms with Crippen LogP contribution in [0.25, 0.3) is 0 Å². The maximum Gasteiger partial charge on any atom is 0.392 e. The van der Waals surface area contributed by atoms with Gasteiger partial charge in [-0.1, -0.05) is 0 Å². The van der Waals surface area contributed by atoms with E-state index < -0.39 is 43.2 Å². The Balaban J connectivity index is 2.70. The summed E-state index contributed by atoms with van der Waals surface area (Å²) in [6, 6.07) is -0.796. The molecule has 0 aliphatic carbocycles. The average Bonchev–Trinajstić information content (AvgIpc) is 2.24. The van der Waals surface area contributed by atoms with E-state index in [1.165, 1.54) is 0 Å². The number of aliphatic hydroxyl groups excluding tert-OH is 1. The number of carbonyl (C=O) groups is 1. The second kappa shape index (κ2) is 3.39. The molecule has 1 rings (SSSR count). The number of alkyl halides is 3. The molecular weight excluding hydrogens is 203 g/mol. The van der Waals surface area contributed by atoms with Gasteiger partial charge in [0.05, 0.1) is 19.1 Å². The summed E-state index contributed by atoms with van der Waals surface area (Å²) in [5.74, 6) is -1.08. The van der Waals surface area contributed by atoms with Crippen LogP contribution in [-0.2, 0) is 4.79 Å². The van der Waals surface area contributed by atoms with Crippen LogP contribution in [0.2, 0.25) is 0 Å². The lowest BCUT2D eigenvalue weighted by molar-refractivity contribution is -0.180. The minimum Gasteiger partial charge on any atom is -0.394 e. The Morgan fingerprint density at radius 2 is 2.14 bits per heavy atom. The third-order valence-corrected chi connectivity index (χ3v) is 2.06. The Kier molecular flexibility index (Phi) is 2.73. The zero-order valence-corrected chi connectivity index (χ0v) is 7.14. The van der Waals surface area contributed by atoms with Gasteiger partial charge in [-0.15, -0.1) is 0 Å². The van der Waals surface area contributed by atoms with E-state index in [4.69, 9.17) is 5.11 Å². The molecule has 1 unspecified atom stereocenters. The predicted octanol–water partition coefficient (Wildman–Crippen LogP) is -0.449. The molecule has 1 aliphatic heterocycles. The topological polar surface area (TPSA) is 69.6 Å². The summed E-state index contributed by atoms with van der Waals surface area (Å²) in [7, 11) is 0. The summed E-state index contributed by atoms with van der Waals surface area (Å²) >= 11 is 0. The Labute approximate surface area is 77.7 Å². The molecule has 0 radical (unpaired) electrons. The summed E-state index contributed by atoms with van der Waals surface area (Å²) in [5.41, 5.74) is -2.42. The highest BCUT2D eigenvalue weighted by Crippen LogP contribution is 2.33. The van der Waals surface area contributed by atoms with Gasteiger partial charge in [0.1, 0.15) is 0 Å². The number of hydrogen-bond donors (Lipinski definition) is 3. The monoisotopic (exact) mass is 213 g/mol. The lowest BCUT2D eigenvalue weighted by atomic mass is 9.95. The molecule has 4 nitrogen and oxygen atoms in total. The number of halogens is 3.